The van der Waals surface area contributed by atoms with E-state index >= 15 is 0 Å². The van der Waals surface area contributed by atoms with Crippen LogP contribution in [0.1, 0.15) is 0 Å². The number of nitrogens with one attached hydrogen (secondary N) is 2. The average Bonchev–Trinajstić information content (AvgIpc) is 2.87. The number of halogens is 1. The summed E-state index contributed by atoms with van der Waals surface area (Å²) in [5.41, 5.74) is 0.398. The van der Waals surface area contributed by atoms with E-state index in [2.05, 4.69) is 10.6 Å². The number of rotatable bonds is 6. The van der Waals surface area contributed by atoms with Crippen LogP contribution in [0.2, 0.25) is 0 Å². The molecule has 0 aromatic heterocycles. The topological polar surface area (TPSA) is 95.6 Å². The number of nitrogens with zero attached hydrogens (tertiary/aromatic N) is 1. The van der Waals surface area contributed by atoms with E-state index in [0.29, 0.717) is 5.69 Å². The number of imide groups is 1. The van der Waals surface area contributed by atoms with Crippen LogP contribution >= 0.6 is 11.8 Å². The van der Waals surface area contributed by atoms with E-state index in [1.165, 1.54) is 24.3 Å². The Morgan fingerprint density at radius 2 is 1.83 bits per heavy atom. The van der Waals surface area contributed by atoms with Crippen LogP contribution in [0.25, 0.3) is 0 Å². The van der Waals surface area contributed by atoms with E-state index in [9.17, 15) is 23.6 Å². The lowest BCUT2D eigenvalue weighted by Gasteiger charge is -2.12. The van der Waals surface area contributed by atoms with Crippen molar-refractivity contribution in [3.05, 3.63) is 42.2 Å². The summed E-state index contributed by atoms with van der Waals surface area (Å²) in [7, 11) is 0. The van der Waals surface area contributed by atoms with Crippen molar-refractivity contribution < 1.29 is 23.6 Å². The molecule has 1 aromatic carbocycles. The molecule has 0 radical (unpaired) electrons. The van der Waals surface area contributed by atoms with Crippen molar-refractivity contribution in [1.29, 1.82) is 0 Å². The zero-order chi connectivity index (χ0) is 17.5. The van der Waals surface area contributed by atoms with Gasteiger partial charge in [0.05, 0.1) is 5.75 Å². The van der Waals surface area contributed by atoms with Crippen LogP contribution in [0, 0.1) is 5.82 Å². The molecule has 1 fully saturated rings. The van der Waals surface area contributed by atoms with Gasteiger partial charge in [0, 0.05) is 30.9 Å². The van der Waals surface area contributed by atoms with Crippen LogP contribution in [0.4, 0.5) is 14.9 Å². The molecule has 0 bridgehead atoms. The molecule has 0 saturated carbocycles. The normalized spacial score (nSPS) is 14.3. The Hall–Kier alpha value is -2.68. The van der Waals surface area contributed by atoms with Crippen LogP contribution in [0.5, 0.6) is 0 Å². The third-order valence-electron chi connectivity index (χ3n) is 2.97. The first-order valence-electron chi connectivity index (χ1n) is 6.95. The molecular weight excluding hydrogens is 337 g/mol. The van der Waals surface area contributed by atoms with Gasteiger partial charge in [-0.05, 0) is 24.3 Å². The van der Waals surface area contributed by atoms with Crippen LogP contribution in [-0.2, 0) is 14.4 Å². The molecule has 4 amide bonds. The van der Waals surface area contributed by atoms with Gasteiger partial charge in [0.15, 0.2) is 0 Å². The van der Waals surface area contributed by atoms with E-state index < -0.39 is 17.6 Å². The Morgan fingerprint density at radius 1 is 1.17 bits per heavy atom. The number of hydrogen-bond acceptors (Lipinski definition) is 5. The highest BCUT2D eigenvalue weighted by Gasteiger charge is 2.29. The Bertz CT molecular complexity index is 674. The standard InChI is InChI=1S/C15H14FN3O4S/c16-10-1-3-11(4-2-10)18-13(21)6-5-12(20)17-7-8-19-14(22)9-24-15(19)23/h1-6H,7-9H2,(H,17,20)(H,18,21). The third kappa shape index (κ3) is 5.20. The van der Waals surface area contributed by atoms with Gasteiger partial charge in [-0.15, -0.1) is 0 Å². The highest BCUT2D eigenvalue weighted by atomic mass is 32.2. The summed E-state index contributed by atoms with van der Waals surface area (Å²) >= 11 is 0.923. The predicted octanol–water partition coefficient (Wildman–Crippen LogP) is 1.13. The van der Waals surface area contributed by atoms with E-state index in [1.807, 2.05) is 0 Å². The number of hydrogen-bond donors (Lipinski definition) is 2. The van der Waals surface area contributed by atoms with Crippen molar-refractivity contribution in [3.8, 4) is 0 Å². The molecule has 1 heterocycles. The molecule has 0 aliphatic carbocycles. The molecule has 0 unspecified atom stereocenters. The second kappa shape index (κ2) is 8.25. The molecular formula is C15H14FN3O4S. The number of carbonyl (C=O) groups excluding carboxylic acids is 4. The smallest absolute Gasteiger partial charge is 0.288 e. The number of amides is 4. The SMILES string of the molecule is O=C(C=CC(=O)Nc1ccc(F)cc1)NCCN1C(=O)CSC1=O. The summed E-state index contributed by atoms with van der Waals surface area (Å²) in [6.45, 7) is 0.187. The molecule has 0 atom stereocenters. The van der Waals surface area contributed by atoms with E-state index in [1.54, 1.807) is 0 Å². The molecule has 0 spiro atoms. The molecule has 1 saturated heterocycles. The van der Waals surface area contributed by atoms with E-state index in [-0.39, 0.29) is 30.0 Å². The van der Waals surface area contributed by atoms with Crippen molar-refractivity contribution in [3.63, 3.8) is 0 Å². The number of benzene rings is 1. The van der Waals surface area contributed by atoms with Crippen LogP contribution in [0.3, 0.4) is 0 Å². The van der Waals surface area contributed by atoms with Crippen molar-refractivity contribution in [2.75, 3.05) is 24.2 Å². The molecule has 24 heavy (non-hydrogen) atoms. The van der Waals surface area contributed by atoms with E-state index in [0.717, 1.165) is 28.8 Å². The number of carbonyl (C=O) groups is 4. The molecule has 1 aromatic rings. The lowest BCUT2D eigenvalue weighted by Crippen LogP contribution is -2.37. The maximum Gasteiger partial charge on any atom is 0.288 e. The fourth-order valence-corrected chi connectivity index (χ4v) is 2.57. The Morgan fingerprint density at radius 3 is 2.46 bits per heavy atom. The van der Waals surface area contributed by atoms with Crippen LogP contribution in [0.15, 0.2) is 36.4 Å². The Kier molecular flexibility index (Phi) is 6.07. The van der Waals surface area contributed by atoms with Crippen molar-refractivity contribution in [2.24, 2.45) is 0 Å². The molecule has 2 N–H and O–H groups in total. The van der Waals surface area contributed by atoms with Crippen molar-refractivity contribution >= 4 is 40.4 Å². The fourth-order valence-electron chi connectivity index (χ4n) is 1.82. The minimum Gasteiger partial charge on any atom is -0.351 e. The first kappa shape index (κ1) is 17.7. The molecule has 7 nitrogen and oxygen atoms in total. The zero-order valence-electron chi connectivity index (χ0n) is 12.5. The summed E-state index contributed by atoms with van der Waals surface area (Å²) in [6.07, 6.45) is 2.06. The highest BCUT2D eigenvalue weighted by Crippen LogP contribution is 2.17. The molecule has 9 heteroatoms. The largest absolute Gasteiger partial charge is 0.351 e. The lowest BCUT2D eigenvalue weighted by molar-refractivity contribution is -0.125. The van der Waals surface area contributed by atoms with Crippen LogP contribution < -0.4 is 10.6 Å². The van der Waals surface area contributed by atoms with Gasteiger partial charge in [-0.2, -0.15) is 0 Å². The van der Waals surface area contributed by atoms with Gasteiger partial charge in [0.25, 0.3) is 5.24 Å². The molecule has 1 aliphatic rings. The molecule has 126 valence electrons. The van der Waals surface area contributed by atoms with Gasteiger partial charge < -0.3 is 10.6 Å². The number of thioether (sulfide) groups is 1. The van der Waals surface area contributed by atoms with Gasteiger partial charge in [0.1, 0.15) is 5.82 Å². The Balaban J connectivity index is 1.72. The summed E-state index contributed by atoms with van der Waals surface area (Å²) in [6, 6.07) is 5.18. The molecule has 1 aliphatic heterocycles. The maximum atomic E-state index is 12.7. The first-order chi connectivity index (χ1) is 11.5. The van der Waals surface area contributed by atoms with Gasteiger partial charge in [0.2, 0.25) is 17.7 Å². The molecule has 2 rings (SSSR count). The Labute approximate surface area is 141 Å². The van der Waals surface area contributed by atoms with Gasteiger partial charge in [-0.25, -0.2) is 4.39 Å². The van der Waals surface area contributed by atoms with Gasteiger partial charge in [-0.1, -0.05) is 11.8 Å². The minimum atomic E-state index is -0.543. The zero-order valence-corrected chi connectivity index (χ0v) is 13.3. The van der Waals surface area contributed by atoms with Gasteiger partial charge >= 0.3 is 0 Å². The first-order valence-corrected chi connectivity index (χ1v) is 7.94. The summed E-state index contributed by atoms with van der Waals surface area (Å²) in [4.78, 5) is 46.9. The second-order valence-electron chi connectivity index (χ2n) is 4.72. The van der Waals surface area contributed by atoms with Crippen LogP contribution in [-0.4, -0.2) is 46.7 Å². The van der Waals surface area contributed by atoms with Crippen molar-refractivity contribution in [2.45, 2.75) is 0 Å². The quantitative estimate of drug-likeness (QED) is 0.749. The summed E-state index contributed by atoms with van der Waals surface area (Å²) in [5, 5.41) is 4.60. The van der Waals surface area contributed by atoms with E-state index in [4.69, 9.17) is 0 Å². The fraction of sp³-hybridized carbons (Fsp3) is 0.200. The predicted molar refractivity (Wildman–Crippen MR) is 86.7 cm³/mol. The minimum absolute atomic E-state index is 0.0893. The maximum absolute atomic E-state index is 12.7. The number of anilines is 1. The lowest BCUT2D eigenvalue weighted by atomic mass is 10.3. The third-order valence-corrected chi connectivity index (χ3v) is 3.83. The summed E-state index contributed by atoms with van der Waals surface area (Å²) in [5.74, 6) is -1.66. The second-order valence-corrected chi connectivity index (χ2v) is 5.65. The average molecular weight is 351 g/mol. The monoisotopic (exact) mass is 351 g/mol. The summed E-state index contributed by atoms with van der Waals surface area (Å²) < 4.78 is 12.7. The van der Waals surface area contributed by atoms with Gasteiger partial charge in [-0.3, -0.25) is 24.1 Å². The van der Waals surface area contributed by atoms with Crippen molar-refractivity contribution in [1.82, 2.24) is 10.2 Å². The highest BCUT2D eigenvalue weighted by molar-refractivity contribution is 8.14.